The fraction of sp³-hybridized carbons (Fsp3) is 0. The van der Waals surface area contributed by atoms with Gasteiger partial charge in [0.05, 0.1) is 0 Å². The molecule has 0 saturated heterocycles. The molecule has 2 aromatic heterocycles. The van der Waals surface area contributed by atoms with Crippen molar-refractivity contribution in [3.8, 4) is 11.1 Å². The molecule has 84 valence electrons. The van der Waals surface area contributed by atoms with Crippen LogP contribution in [0.1, 0.15) is 0 Å². The maximum atomic E-state index is 5.85. The molecular formula is C12H9ClN4. The van der Waals surface area contributed by atoms with Crippen LogP contribution >= 0.6 is 11.6 Å². The lowest BCUT2D eigenvalue weighted by Crippen LogP contribution is -1.89. The van der Waals surface area contributed by atoms with Crippen LogP contribution in [0.5, 0.6) is 0 Å². The average Bonchev–Trinajstić information content (AvgIpc) is 2.69. The maximum absolute atomic E-state index is 5.85. The van der Waals surface area contributed by atoms with Crippen molar-refractivity contribution in [2.45, 2.75) is 0 Å². The van der Waals surface area contributed by atoms with Crippen LogP contribution in [0, 0.1) is 0 Å². The molecule has 0 spiro atoms. The Morgan fingerprint density at radius 2 is 1.82 bits per heavy atom. The van der Waals surface area contributed by atoms with Crippen molar-refractivity contribution >= 4 is 23.2 Å². The number of rotatable bonds is 1. The van der Waals surface area contributed by atoms with Crippen LogP contribution in [0.2, 0.25) is 5.02 Å². The zero-order valence-corrected chi connectivity index (χ0v) is 9.59. The minimum absolute atomic E-state index is 0.276. The summed E-state index contributed by atoms with van der Waals surface area (Å²) >= 11 is 5.85. The first-order chi connectivity index (χ1) is 8.22. The van der Waals surface area contributed by atoms with Gasteiger partial charge in [0, 0.05) is 11.2 Å². The lowest BCUT2D eigenvalue weighted by Gasteiger charge is -2.01. The minimum Gasteiger partial charge on any atom is -0.366 e. The number of anilines is 1. The number of nitrogen functional groups attached to an aromatic ring is 1. The molecule has 0 atom stereocenters. The number of fused-ring (bicyclic) bond motifs is 1. The number of hydrogen-bond donors (Lipinski definition) is 1. The van der Waals surface area contributed by atoms with Crippen LogP contribution in [-0.4, -0.2) is 14.6 Å². The van der Waals surface area contributed by atoms with Crippen molar-refractivity contribution in [2.24, 2.45) is 0 Å². The van der Waals surface area contributed by atoms with E-state index in [9.17, 15) is 0 Å². The molecule has 5 heteroatoms. The van der Waals surface area contributed by atoms with Crippen LogP contribution in [0.3, 0.4) is 0 Å². The van der Waals surface area contributed by atoms with Gasteiger partial charge in [-0.3, -0.25) is 0 Å². The van der Waals surface area contributed by atoms with Gasteiger partial charge in [-0.2, -0.15) is 4.98 Å². The molecular weight excluding hydrogens is 236 g/mol. The predicted octanol–water partition coefficient (Wildman–Crippen LogP) is 2.63. The highest BCUT2D eigenvalue weighted by atomic mass is 35.5. The molecule has 0 unspecified atom stereocenters. The normalized spacial score (nSPS) is 10.9. The molecule has 4 nitrogen and oxygen atoms in total. The van der Waals surface area contributed by atoms with E-state index >= 15 is 0 Å². The summed E-state index contributed by atoms with van der Waals surface area (Å²) in [6.45, 7) is 0. The molecule has 0 aliphatic carbocycles. The van der Waals surface area contributed by atoms with E-state index in [0.29, 0.717) is 0 Å². The molecule has 1 aromatic carbocycles. The molecule has 2 heterocycles. The standard InChI is InChI=1S/C12H9ClN4/c13-10-3-1-8(2-4-10)9-5-6-17-11(7-9)15-12(14)16-17/h1-7H,(H2,14,16). The van der Waals surface area contributed by atoms with Crippen LogP contribution in [0.15, 0.2) is 42.6 Å². The number of pyridine rings is 1. The molecule has 0 aliphatic rings. The fourth-order valence-electron chi connectivity index (χ4n) is 1.72. The van der Waals surface area contributed by atoms with E-state index in [4.69, 9.17) is 17.3 Å². The Morgan fingerprint density at radius 3 is 2.59 bits per heavy atom. The Balaban J connectivity index is 2.13. The third-order valence-corrected chi connectivity index (χ3v) is 2.78. The fourth-order valence-corrected chi connectivity index (χ4v) is 1.85. The number of nitrogens with two attached hydrogens (primary N) is 1. The lowest BCUT2D eigenvalue weighted by molar-refractivity contribution is 0.968. The summed E-state index contributed by atoms with van der Waals surface area (Å²) in [5, 5.41) is 4.75. The summed E-state index contributed by atoms with van der Waals surface area (Å²) in [7, 11) is 0. The highest BCUT2D eigenvalue weighted by molar-refractivity contribution is 6.30. The monoisotopic (exact) mass is 244 g/mol. The smallest absolute Gasteiger partial charge is 0.240 e. The SMILES string of the molecule is Nc1nc2cc(-c3ccc(Cl)cc3)ccn2n1. The van der Waals surface area contributed by atoms with E-state index in [1.807, 2.05) is 42.6 Å². The molecule has 2 N–H and O–H groups in total. The highest BCUT2D eigenvalue weighted by Gasteiger charge is 2.03. The third kappa shape index (κ3) is 1.83. The molecule has 3 aromatic rings. The molecule has 0 bridgehead atoms. The van der Waals surface area contributed by atoms with Gasteiger partial charge in [0.1, 0.15) is 0 Å². The van der Waals surface area contributed by atoms with E-state index < -0.39 is 0 Å². The van der Waals surface area contributed by atoms with E-state index in [-0.39, 0.29) is 5.95 Å². The van der Waals surface area contributed by atoms with Crippen molar-refractivity contribution in [3.63, 3.8) is 0 Å². The van der Waals surface area contributed by atoms with Gasteiger partial charge in [0.2, 0.25) is 5.95 Å². The molecule has 3 rings (SSSR count). The second kappa shape index (κ2) is 3.75. The summed E-state index contributed by atoms with van der Waals surface area (Å²) in [6.07, 6.45) is 1.84. The van der Waals surface area contributed by atoms with Gasteiger partial charge in [0.15, 0.2) is 5.65 Å². The summed E-state index contributed by atoms with van der Waals surface area (Å²) in [5.74, 6) is 0.276. The highest BCUT2D eigenvalue weighted by Crippen LogP contribution is 2.22. The zero-order chi connectivity index (χ0) is 11.8. The second-order valence-corrected chi connectivity index (χ2v) is 4.13. The second-order valence-electron chi connectivity index (χ2n) is 3.70. The molecule has 0 aliphatic heterocycles. The summed E-state index contributed by atoms with van der Waals surface area (Å²) in [4.78, 5) is 4.12. The van der Waals surface area contributed by atoms with Crippen LogP contribution in [0.25, 0.3) is 16.8 Å². The van der Waals surface area contributed by atoms with Crippen molar-refractivity contribution < 1.29 is 0 Å². The van der Waals surface area contributed by atoms with Gasteiger partial charge < -0.3 is 5.73 Å². The predicted molar refractivity (Wildman–Crippen MR) is 67.8 cm³/mol. The first-order valence-corrected chi connectivity index (χ1v) is 5.48. The molecule has 0 radical (unpaired) electrons. The Morgan fingerprint density at radius 1 is 1.06 bits per heavy atom. The number of benzene rings is 1. The Bertz CT molecular complexity index is 673. The Hall–Kier alpha value is -2.07. The Kier molecular flexibility index (Phi) is 2.23. The number of aromatic nitrogens is 3. The first kappa shape index (κ1) is 10.1. The minimum atomic E-state index is 0.276. The van der Waals surface area contributed by atoms with Gasteiger partial charge in [-0.25, -0.2) is 4.52 Å². The van der Waals surface area contributed by atoms with Crippen LogP contribution < -0.4 is 5.73 Å². The van der Waals surface area contributed by atoms with Crippen LogP contribution in [0.4, 0.5) is 5.95 Å². The lowest BCUT2D eigenvalue weighted by atomic mass is 10.1. The van der Waals surface area contributed by atoms with E-state index in [2.05, 4.69) is 10.1 Å². The van der Waals surface area contributed by atoms with E-state index in [1.54, 1.807) is 4.52 Å². The molecule has 17 heavy (non-hydrogen) atoms. The van der Waals surface area contributed by atoms with Gasteiger partial charge in [-0.05, 0) is 35.4 Å². The topological polar surface area (TPSA) is 56.2 Å². The van der Waals surface area contributed by atoms with Gasteiger partial charge in [-0.1, -0.05) is 23.7 Å². The molecule has 0 fully saturated rings. The Labute approximate surface area is 103 Å². The van der Waals surface area contributed by atoms with Gasteiger partial charge >= 0.3 is 0 Å². The molecule has 0 amide bonds. The first-order valence-electron chi connectivity index (χ1n) is 5.10. The average molecular weight is 245 g/mol. The summed E-state index contributed by atoms with van der Waals surface area (Å²) in [5.41, 5.74) is 8.41. The van der Waals surface area contributed by atoms with Crippen molar-refractivity contribution in [2.75, 3.05) is 5.73 Å². The largest absolute Gasteiger partial charge is 0.366 e. The zero-order valence-electron chi connectivity index (χ0n) is 8.84. The summed E-state index contributed by atoms with van der Waals surface area (Å²) in [6, 6.07) is 11.6. The quantitative estimate of drug-likeness (QED) is 0.716. The van der Waals surface area contributed by atoms with Crippen molar-refractivity contribution in [3.05, 3.63) is 47.6 Å². The van der Waals surface area contributed by atoms with Gasteiger partial charge in [-0.15, -0.1) is 5.10 Å². The number of nitrogens with zero attached hydrogens (tertiary/aromatic N) is 3. The summed E-state index contributed by atoms with van der Waals surface area (Å²) < 4.78 is 1.65. The molecule has 0 saturated carbocycles. The van der Waals surface area contributed by atoms with E-state index in [1.165, 1.54) is 0 Å². The van der Waals surface area contributed by atoms with E-state index in [0.717, 1.165) is 21.8 Å². The van der Waals surface area contributed by atoms with Crippen LogP contribution in [-0.2, 0) is 0 Å². The number of hydrogen-bond acceptors (Lipinski definition) is 3. The third-order valence-electron chi connectivity index (χ3n) is 2.53. The van der Waals surface area contributed by atoms with Gasteiger partial charge in [0.25, 0.3) is 0 Å². The van der Waals surface area contributed by atoms with Crippen molar-refractivity contribution in [1.29, 1.82) is 0 Å². The number of halogens is 1. The van der Waals surface area contributed by atoms with Crippen molar-refractivity contribution in [1.82, 2.24) is 14.6 Å². The maximum Gasteiger partial charge on any atom is 0.240 e.